The molecule has 9 nitrogen and oxygen atoms in total. The van der Waals surface area contributed by atoms with Crippen molar-refractivity contribution < 1.29 is 42.9 Å². The predicted octanol–water partition coefficient (Wildman–Crippen LogP) is 24.9. The van der Waals surface area contributed by atoms with Crippen molar-refractivity contribution in [2.24, 2.45) is 0 Å². The summed E-state index contributed by atoms with van der Waals surface area (Å²) in [6, 6.07) is 0. The molecule has 0 spiro atoms. The second-order valence-electron chi connectivity index (χ2n) is 27.3. The maximum Gasteiger partial charge on any atom is 0.361 e. The third kappa shape index (κ3) is 75.2. The summed E-state index contributed by atoms with van der Waals surface area (Å²) < 4.78 is 23.0. The Morgan fingerprint density at radius 3 is 0.925 bits per heavy atom. The van der Waals surface area contributed by atoms with Crippen molar-refractivity contribution in [2.45, 2.75) is 360 Å². The normalized spacial score (nSPS) is 13.3. The fourth-order valence-electron chi connectivity index (χ4n) is 11.1. The van der Waals surface area contributed by atoms with Crippen LogP contribution in [0, 0.1) is 0 Å². The van der Waals surface area contributed by atoms with Crippen molar-refractivity contribution >= 4 is 17.9 Å². The molecule has 0 saturated carbocycles. The molecule has 2 unspecified atom stereocenters. The molecule has 0 fully saturated rings. The number of carbonyl (C=O) groups is 3. The van der Waals surface area contributed by atoms with Crippen molar-refractivity contribution in [1.29, 1.82) is 0 Å². The Kier molecular flexibility index (Phi) is 70.5. The van der Waals surface area contributed by atoms with Gasteiger partial charge >= 0.3 is 17.9 Å². The maximum atomic E-state index is 13.0. The van der Waals surface area contributed by atoms with Crippen LogP contribution in [0.1, 0.15) is 348 Å². The van der Waals surface area contributed by atoms with Crippen LogP contribution in [0.2, 0.25) is 0 Å². The maximum absolute atomic E-state index is 13.0. The number of aliphatic carboxylic acids is 1. The van der Waals surface area contributed by atoms with Gasteiger partial charge in [-0.2, -0.15) is 0 Å². The van der Waals surface area contributed by atoms with E-state index in [0.29, 0.717) is 23.9 Å². The first-order valence-electron chi connectivity index (χ1n) is 39.1. The van der Waals surface area contributed by atoms with Crippen LogP contribution < -0.4 is 0 Å². The summed E-state index contributed by atoms with van der Waals surface area (Å²) in [6.07, 6.45) is 101. The number of esters is 2. The molecule has 0 aliphatic rings. The Hall–Kier alpha value is -4.05. The van der Waals surface area contributed by atoms with Crippen LogP contribution in [0.4, 0.5) is 0 Å². The lowest BCUT2D eigenvalue weighted by atomic mass is 10.0. The molecule has 0 heterocycles. The summed E-state index contributed by atoms with van der Waals surface area (Å²) in [5, 5.41) is 9.77. The van der Waals surface area contributed by atoms with Gasteiger partial charge in [-0.25, -0.2) is 4.79 Å². The third-order valence-corrected chi connectivity index (χ3v) is 17.0. The fourth-order valence-corrected chi connectivity index (χ4v) is 11.1. The first kappa shape index (κ1) is 89.0. The van der Waals surface area contributed by atoms with Gasteiger partial charge in [0.25, 0.3) is 6.29 Å². The van der Waals surface area contributed by atoms with Crippen LogP contribution in [0.5, 0.6) is 0 Å². The summed E-state index contributed by atoms with van der Waals surface area (Å²) in [7, 11) is 5.98. The number of rotatable bonds is 72. The highest BCUT2D eigenvalue weighted by molar-refractivity contribution is 5.71. The van der Waals surface area contributed by atoms with Gasteiger partial charge in [-0.05, 0) is 103 Å². The van der Waals surface area contributed by atoms with Gasteiger partial charge in [-0.15, -0.1) is 0 Å². The molecule has 2 atom stereocenters. The Bertz CT molecular complexity index is 1900. The first-order chi connectivity index (χ1) is 45.6. The molecule has 0 aliphatic heterocycles. The van der Waals surface area contributed by atoms with Gasteiger partial charge in [0.05, 0.1) is 34.4 Å². The lowest BCUT2D eigenvalue weighted by Gasteiger charge is -2.25. The van der Waals surface area contributed by atoms with E-state index < -0.39 is 24.3 Å². The zero-order valence-corrected chi connectivity index (χ0v) is 61.4. The van der Waals surface area contributed by atoms with Gasteiger partial charge in [-0.3, -0.25) is 9.59 Å². The van der Waals surface area contributed by atoms with Crippen molar-refractivity contribution in [3.63, 3.8) is 0 Å². The molecular weight excluding hydrogens is 1150 g/mol. The molecule has 0 aromatic heterocycles. The minimum atomic E-state index is -1.52. The molecule has 536 valence electrons. The number of allylic oxidation sites excluding steroid dienone is 18. The van der Waals surface area contributed by atoms with Crippen LogP contribution in [0.15, 0.2) is 109 Å². The van der Waals surface area contributed by atoms with Crippen LogP contribution in [0.3, 0.4) is 0 Å². The Morgan fingerprint density at radius 1 is 0.333 bits per heavy atom. The molecule has 0 rings (SSSR count). The van der Waals surface area contributed by atoms with E-state index in [1.807, 2.05) is 21.1 Å². The molecule has 0 radical (unpaired) electrons. The number of hydrogen-bond donors (Lipinski definition) is 1. The van der Waals surface area contributed by atoms with E-state index in [2.05, 4.69) is 123 Å². The lowest BCUT2D eigenvalue weighted by molar-refractivity contribution is -0.870. The molecule has 0 saturated heterocycles. The van der Waals surface area contributed by atoms with Gasteiger partial charge in [0, 0.05) is 12.8 Å². The van der Waals surface area contributed by atoms with E-state index in [4.69, 9.17) is 18.9 Å². The number of carbonyl (C=O) groups excluding carboxylic acids is 2. The number of ether oxygens (including phenoxy) is 4. The van der Waals surface area contributed by atoms with Gasteiger partial charge in [0.15, 0.2) is 6.10 Å². The number of carboxylic acid groups (broad SMARTS) is 1. The minimum absolute atomic E-state index is 0.184. The standard InChI is InChI=1S/C84H147NO8/c1-6-8-10-12-14-16-18-20-22-24-26-28-30-32-34-36-38-40-41-43-45-47-49-51-53-55-57-59-61-63-65-67-69-71-73-75-82(87)93-80(79-92-84(83(88)89)90-77-76-85(3,4)5)78-91-81(86)74-72-70-68-66-64-62-60-58-56-54-52-50-48-46-44-42-39-37-35-33-31-29-27-25-23-21-19-17-15-13-11-9-7-2/h8,10,14,16,20,22,25-28,32,34,38,40,43,45,49,51,80,84H,6-7,9,11-13,15,17-19,21,23-24,29-31,33,35-37,39,41-42,44,46-48,50,52-79H2,1-5H3/p+1/b10-8-,16-14-,22-20-,27-25-,28-26-,34-32-,40-38-,45-43-,51-49-. The zero-order chi connectivity index (χ0) is 67.5. The molecule has 9 heteroatoms. The Balaban J connectivity index is 4.07. The van der Waals surface area contributed by atoms with Crippen LogP contribution >= 0.6 is 0 Å². The molecule has 0 aromatic rings. The van der Waals surface area contributed by atoms with E-state index in [1.54, 1.807) is 0 Å². The van der Waals surface area contributed by atoms with Gasteiger partial charge in [0.1, 0.15) is 13.2 Å². The number of unbranched alkanes of at least 4 members (excludes halogenated alkanes) is 39. The monoisotopic (exact) mass is 1300 g/mol. The first-order valence-corrected chi connectivity index (χ1v) is 39.1. The van der Waals surface area contributed by atoms with E-state index in [9.17, 15) is 19.5 Å². The van der Waals surface area contributed by atoms with Crippen molar-refractivity contribution in [1.82, 2.24) is 0 Å². The molecule has 1 N–H and O–H groups in total. The largest absolute Gasteiger partial charge is 0.477 e. The molecule has 0 aromatic carbocycles. The summed E-state index contributed by atoms with van der Waals surface area (Å²) in [6.45, 7) is 4.80. The van der Waals surface area contributed by atoms with E-state index in [-0.39, 0.29) is 32.2 Å². The van der Waals surface area contributed by atoms with E-state index in [1.165, 1.54) is 218 Å². The number of nitrogens with zero attached hydrogens (tertiary/aromatic N) is 1. The van der Waals surface area contributed by atoms with E-state index in [0.717, 1.165) is 96.3 Å². The zero-order valence-electron chi connectivity index (χ0n) is 61.4. The van der Waals surface area contributed by atoms with Gasteiger partial charge < -0.3 is 28.5 Å². The Labute approximate surface area is 575 Å². The third-order valence-electron chi connectivity index (χ3n) is 17.0. The second-order valence-corrected chi connectivity index (χ2v) is 27.3. The number of carboxylic acids is 1. The Morgan fingerprint density at radius 2 is 0.613 bits per heavy atom. The predicted molar refractivity (Wildman–Crippen MR) is 401 cm³/mol. The average Bonchev–Trinajstić information content (AvgIpc) is 3.74. The molecule has 0 bridgehead atoms. The molecular formula is C84H148NO8+. The lowest BCUT2D eigenvalue weighted by Crippen LogP contribution is -2.40. The number of likely N-dealkylation sites (N-methyl/N-ethyl adjacent to an activating group) is 1. The van der Waals surface area contributed by atoms with Crippen molar-refractivity contribution in [3.8, 4) is 0 Å². The highest BCUT2D eigenvalue weighted by Gasteiger charge is 2.25. The fraction of sp³-hybridized carbons (Fsp3) is 0.750. The van der Waals surface area contributed by atoms with Gasteiger partial charge in [-0.1, -0.05) is 342 Å². The quantitative estimate of drug-likeness (QED) is 0.0211. The topological polar surface area (TPSA) is 108 Å². The van der Waals surface area contributed by atoms with Crippen LogP contribution in [-0.4, -0.2) is 87.4 Å². The number of hydrogen-bond acceptors (Lipinski definition) is 7. The highest BCUT2D eigenvalue weighted by atomic mass is 16.7. The summed E-state index contributed by atoms with van der Waals surface area (Å²) in [5.41, 5.74) is 0. The van der Waals surface area contributed by atoms with Crippen molar-refractivity contribution in [3.05, 3.63) is 109 Å². The summed E-state index contributed by atoms with van der Waals surface area (Å²) in [5.74, 6) is -2.00. The summed E-state index contributed by atoms with van der Waals surface area (Å²) >= 11 is 0. The van der Waals surface area contributed by atoms with Gasteiger partial charge in [0.2, 0.25) is 0 Å². The molecule has 0 amide bonds. The molecule has 0 aliphatic carbocycles. The highest BCUT2D eigenvalue weighted by Crippen LogP contribution is 2.18. The second kappa shape index (κ2) is 73.8. The van der Waals surface area contributed by atoms with Crippen LogP contribution in [-0.2, 0) is 33.3 Å². The van der Waals surface area contributed by atoms with Crippen LogP contribution in [0.25, 0.3) is 0 Å². The smallest absolute Gasteiger partial charge is 0.361 e. The minimum Gasteiger partial charge on any atom is -0.477 e. The van der Waals surface area contributed by atoms with Crippen molar-refractivity contribution in [2.75, 3.05) is 47.5 Å². The molecule has 93 heavy (non-hydrogen) atoms. The van der Waals surface area contributed by atoms with E-state index >= 15 is 0 Å². The average molecular weight is 1300 g/mol. The number of quaternary nitrogens is 1. The SMILES string of the molecule is CC/C=C\C/C=C\C/C=C\C/C=C\C/C=C\C/C=C\C/C=C\C/C=C\CCCCCCCCCCCCC(=O)OC(COC(=O)CCCCCCCCCCCCCCCCCCCCCCC/C=C\CCCCCCCCCC)COC(OCC[N+](C)(C)C)C(=O)O. The summed E-state index contributed by atoms with van der Waals surface area (Å²) in [4.78, 5) is 37.7.